The fourth-order valence-corrected chi connectivity index (χ4v) is 4.94. The first-order valence-electron chi connectivity index (χ1n) is 8.48. The van der Waals surface area contributed by atoms with Crippen LogP contribution in [0.2, 0.25) is 5.02 Å². The van der Waals surface area contributed by atoms with Gasteiger partial charge in [-0.05, 0) is 49.6 Å². The highest BCUT2D eigenvalue weighted by Crippen LogP contribution is 2.27. The molecule has 0 aromatic heterocycles. The lowest BCUT2D eigenvalue weighted by atomic mass is 10.1. The van der Waals surface area contributed by atoms with Crippen molar-refractivity contribution in [2.45, 2.75) is 37.2 Å². The number of amides is 1. The number of nitrogens with one attached hydrogen (secondary N) is 1. The number of benzene rings is 2. The maximum atomic E-state index is 12.9. The Kier molecular flexibility index (Phi) is 5.65. The molecule has 0 spiro atoms. The van der Waals surface area contributed by atoms with Gasteiger partial charge in [0.2, 0.25) is 15.9 Å². The van der Waals surface area contributed by atoms with Gasteiger partial charge in [-0.3, -0.25) is 4.79 Å². The van der Waals surface area contributed by atoms with E-state index in [4.69, 9.17) is 11.6 Å². The van der Waals surface area contributed by atoms with Crippen LogP contribution in [0.25, 0.3) is 0 Å². The van der Waals surface area contributed by atoms with Gasteiger partial charge in [0.25, 0.3) is 0 Å². The molecule has 2 aromatic rings. The van der Waals surface area contributed by atoms with Gasteiger partial charge >= 0.3 is 0 Å². The van der Waals surface area contributed by atoms with E-state index in [0.29, 0.717) is 31.0 Å². The molecule has 1 fully saturated rings. The van der Waals surface area contributed by atoms with Crippen LogP contribution in [0.5, 0.6) is 0 Å². The smallest absolute Gasteiger partial charge is 0.243 e. The minimum absolute atomic E-state index is 0.153. The highest BCUT2D eigenvalue weighted by Gasteiger charge is 2.39. The molecule has 1 amide bonds. The van der Waals surface area contributed by atoms with E-state index in [1.807, 2.05) is 31.2 Å². The third-order valence-electron chi connectivity index (χ3n) is 4.48. The van der Waals surface area contributed by atoms with Crippen molar-refractivity contribution in [1.29, 1.82) is 0 Å². The average molecular weight is 393 g/mol. The van der Waals surface area contributed by atoms with E-state index >= 15 is 0 Å². The summed E-state index contributed by atoms with van der Waals surface area (Å²) in [7, 11) is -3.73. The Morgan fingerprint density at radius 3 is 2.65 bits per heavy atom. The van der Waals surface area contributed by atoms with Crippen molar-refractivity contribution < 1.29 is 13.2 Å². The molecule has 1 atom stereocenters. The lowest BCUT2D eigenvalue weighted by molar-refractivity contribution is -0.124. The van der Waals surface area contributed by atoms with Crippen molar-refractivity contribution in [1.82, 2.24) is 9.62 Å². The summed E-state index contributed by atoms with van der Waals surface area (Å²) in [6.45, 7) is 2.71. The van der Waals surface area contributed by atoms with E-state index in [2.05, 4.69) is 5.32 Å². The Labute approximate surface area is 159 Å². The van der Waals surface area contributed by atoms with E-state index in [1.54, 1.807) is 0 Å². The van der Waals surface area contributed by atoms with E-state index in [1.165, 1.54) is 28.6 Å². The molecule has 1 aliphatic rings. The summed E-state index contributed by atoms with van der Waals surface area (Å²) in [5.74, 6) is -0.262. The van der Waals surface area contributed by atoms with Crippen LogP contribution in [0.15, 0.2) is 53.4 Å². The Balaban J connectivity index is 1.72. The number of rotatable bonds is 5. The fourth-order valence-electron chi connectivity index (χ4n) is 3.16. The van der Waals surface area contributed by atoms with Crippen LogP contribution in [0.1, 0.15) is 24.0 Å². The van der Waals surface area contributed by atoms with Crippen LogP contribution < -0.4 is 5.32 Å². The lowest BCUT2D eigenvalue weighted by Gasteiger charge is -2.23. The second-order valence-corrected chi connectivity index (χ2v) is 8.76. The van der Waals surface area contributed by atoms with Gasteiger partial charge in [-0.15, -0.1) is 0 Å². The highest BCUT2D eigenvalue weighted by atomic mass is 35.5. The summed E-state index contributed by atoms with van der Waals surface area (Å²) in [6, 6.07) is 13.2. The summed E-state index contributed by atoms with van der Waals surface area (Å²) in [5.41, 5.74) is 2.10. The van der Waals surface area contributed by atoms with Crippen LogP contribution >= 0.6 is 11.6 Å². The molecular weight excluding hydrogens is 372 g/mol. The quantitative estimate of drug-likeness (QED) is 0.850. The Morgan fingerprint density at radius 1 is 1.23 bits per heavy atom. The molecule has 0 aliphatic carbocycles. The molecule has 2 aromatic carbocycles. The molecule has 3 rings (SSSR count). The van der Waals surface area contributed by atoms with Crippen molar-refractivity contribution in [3.8, 4) is 0 Å². The molecule has 0 radical (unpaired) electrons. The molecule has 0 unspecified atom stereocenters. The summed E-state index contributed by atoms with van der Waals surface area (Å²) in [5, 5.41) is 3.33. The Morgan fingerprint density at radius 2 is 1.96 bits per heavy atom. The molecular formula is C19H21ClN2O3S. The van der Waals surface area contributed by atoms with E-state index in [-0.39, 0.29) is 10.8 Å². The minimum atomic E-state index is -3.73. The van der Waals surface area contributed by atoms with Gasteiger partial charge < -0.3 is 5.32 Å². The topological polar surface area (TPSA) is 66.5 Å². The minimum Gasteiger partial charge on any atom is -0.351 e. The number of hydrogen-bond acceptors (Lipinski definition) is 3. The molecule has 7 heteroatoms. The van der Waals surface area contributed by atoms with E-state index in [0.717, 1.165) is 11.1 Å². The third kappa shape index (κ3) is 4.09. The summed E-state index contributed by atoms with van der Waals surface area (Å²) in [4.78, 5) is 12.8. The van der Waals surface area contributed by atoms with E-state index in [9.17, 15) is 13.2 Å². The molecule has 1 N–H and O–H groups in total. The first kappa shape index (κ1) is 18.9. The number of aryl methyl sites for hydroxylation is 1. The predicted molar refractivity (Wildman–Crippen MR) is 101 cm³/mol. The Bertz CT molecular complexity index is 897. The highest BCUT2D eigenvalue weighted by molar-refractivity contribution is 7.89. The predicted octanol–water partition coefficient (Wildman–Crippen LogP) is 3.12. The fraction of sp³-hybridized carbons (Fsp3) is 0.316. The summed E-state index contributed by atoms with van der Waals surface area (Å²) >= 11 is 5.84. The van der Waals surface area contributed by atoms with Gasteiger partial charge in [-0.1, -0.05) is 41.4 Å². The molecule has 138 valence electrons. The molecule has 1 aliphatic heterocycles. The van der Waals surface area contributed by atoms with Crippen LogP contribution in [-0.2, 0) is 21.4 Å². The van der Waals surface area contributed by atoms with Crippen LogP contribution in [0.3, 0.4) is 0 Å². The van der Waals surface area contributed by atoms with Gasteiger partial charge in [0, 0.05) is 18.1 Å². The molecule has 1 heterocycles. The van der Waals surface area contributed by atoms with Gasteiger partial charge in [-0.25, -0.2) is 8.42 Å². The SMILES string of the molecule is Cc1cccc(CNC(=O)[C@@H]2CCCN2S(=O)(=O)c2ccc(Cl)cc2)c1. The molecule has 0 bridgehead atoms. The third-order valence-corrected chi connectivity index (χ3v) is 6.65. The first-order chi connectivity index (χ1) is 12.4. The van der Waals surface area contributed by atoms with Crippen LogP contribution in [0, 0.1) is 6.92 Å². The number of carbonyl (C=O) groups excluding carboxylic acids is 1. The van der Waals surface area contributed by atoms with Gasteiger partial charge in [-0.2, -0.15) is 4.31 Å². The average Bonchev–Trinajstić information content (AvgIpc) is 3.11. The van der Waals surface area contributed by atoms with Crippen LogP contribution in [-0.4, -0.2) is 31.2 Å². The normalized spacial score (nSPS) is 18.0. The van der Waals surface area contributed by atoms with Gasteiger partial charge in [0.05, 0.1) is 4.90 Å². The first-order valence-corrected chi connectivity index (χ1v) is 10.3. The maximum absolute atomic E-state index is 12.9. The summed E-state index contributed by atoms with van der Waals surface area (Å²) < 4.78 is 27.1. The van der Waals surface area contributed by atoms with Crippen molar-refractivity contribution in [2.75, 3.05) is 6.54 Å². The van der Waals surface area contributed by atoms with Gasteiger partial charge in [0.15, 0.2) is 0 Å². The van der Waals surface area contributed by atoms with Crippen molar-refractivity contribution >= 4 is 27.5 Å². The zero-order valence-electron chi connectivity index (χ0n) is 14.5. The van der Waals surface area contributed by atoms with Gasteiger partial charge in [0.1, 0.15) is 6.04 Å². The largest absolute Gasteiger partial charge is 0.351 e. The zero-order chi connectivity index (χ0) is 18.7. The number of hydrogen-bond donors (Lipinski definition) is 1. The van der Waals surface area contributed by atoms with E-state index < -0.39 is 16.1 Å². The number of sulfonamides is 1. The second kappa shape index (κ2) is 7.78. The van der Waals surface area contributed by atoms with Crippen molar-refractivity contribution in [3.05, 3.63) is 64.7 Å². The van der Waals surface area contributed by atoms with Crippen molar-refractivity contribution in [3.63, 3.8) is 0 Å². The maximum Gasteiger partial charge on any atom is 0.243 e. The molecule has 26 heavy (non-hydrogen) atoms. The zero-order valence-corrected chi connectivity index (χ0v) is 16.1. The molecule has 0 saturated carbocycles. The molecule has 1 saturated heterocycles. The number of nitrogens with zero attached hydrogens (tertiary/aromatic N) is 1. The monoisotopic (exact) mass is 392 g/mol. The summed E-state index contributed by atoms with van der Waals surface area (Å²) in [6.07, 6.45) is 1.18. The number of carbonyl (C=O) groups is 1. The number of halogens is 1. The van der Waals surface area contributed by atoms with Crippen LogP contribution in [0.4, 0.5) is 0 Å². The Hall–Kier alpha value is -1.89. The lowest BCUT2D eigenvalue weighted by Crippen LogP contribution is -2.45. The standard InChI is InChI=1S/C19H21ClN2O3S/c1-14-4-2-5-15(12-14)13-21-19(23)18-6-3-11-22(18)26(24,25)17-9-7-16(20)8-10-17/h2,4-5,7-10,12,18H,3,6,11,13H2,1H3,(H,21,23)/t18-/m0/s1. The van der Waals surface area contributed by atoms with Crippen molar-refractivity contribution in [2.24, 2.45) is 0 Å². The molecule has 5 nitrogen and oxygen atoms in total. The second-order valence-electron chi connectivity index (χ2n) is 6.43.